The van der Waals surface area contributed by atoms with Crippen molar-refractivity contribution in [2.75, 3.05) is 46.3 Å². The Morgan fingerprint density at radius 2 is 2.00 bits per heavy atom. The lowest BCUT2D eigenvalue weighted by atomic mass is 9.97. The van der Waals surface area contributed by atoms with Crippen molar-refractivity contribution in [2.24, 2.45) is 5.73 Å². The van der Waals surface area contributed by atoms with Crippen LogP contribution in [-0.4, -0.2) is 90.4 Å². The quantitative estimate of drug-likeness (QED) is 0.748. The van der Waals surface area contributed by atoms with Crippen molar-refractivity contribution < 1.29 is 5.11 Å². The van der Waals surface area contributed by atoms with Gasteiger partial charge in [-0.2, -0.15) is 0 Å². The van der Waals surface area contributed by atoms with Gasteiger partial charge in [0.25, 0.3) is 0 Å². The van der Waals surface area contributed by atoms with Crippen LogP contribution < -0.4 is 5.73 Å². The average molecular weight is 284 g/mol. The van der Waals surface area contributed by atoms with E-state index in [-0.39, 0.29) is 12.1 Å². The molecule has 2 saturated heterocycles. The van der Waals surface area contributed by atoms with E-state index in [9.17, 15) is 5.11 Å². The smallest absolute Gasteiger partial charge is 0.0715 e. The number of likely N-dealkylation sites (tertiary alicyclic amines) is 1. The molecule has 0 aromatic heterocycles. The fraction of sp³-hybridized carbons (Fsp3) is 1.00. The Hall–Kier alpha value is -0.200. The zero-order valence-corrected chi connectivity index (χ0v) is 13.3. The maximum atomic E-state index is 9.75. The molecule has 2 unspecified atom stereocenters. The normalized spacial score (nSPS) is 36.1. The second-order valence-corrected chi connectivity index (χ2v) is 6.64. The number of aliphatic hydroxyl groups is 1. The van der Waals surface area contributed by atoms with E-state index < -0.39 is 0 Å². The van der Waals surface area contributed by atoms with Gasteiger partial charge >= 0.3 is 0 Å². The van der Waals surface area contributed by atoms with Crippen molar-refractivity contribution >= 4 is 0 Å². The van der Waals surface area contributed by atoms with Crippen LogP contribution in [0.2, 0.25) is 0 Å². The number of rotatable bonds is 4. The van der Waals surface area contributed by atoms with Crippen LogP contribution in [0.15, 0.2) is 0 Å². The average Bonchev–Trinajstić information content (AvgIpc) is 2.42. The topological polar surface area (TPSA) is 56.0 Å². The van der Waals surface area contributed by atoms with E-state index in [1.54, 1.807) is 0 Å². The number of hydrogen-bond acceptors (Lipinski definition) is 5. The summed E-state index contributed by atoms with van der Waals surface area (Å²) in [6.45, 7) is 11.1. The third kappa shape index (κ3) is 3.92. The molecular formula is C15H32N4O. The van der Waals surface area contributed by atoms with Gasteiger partial charge in [0.1, 0.15) is 0 Å². The lowest BCUT2D eigenvalue weighted by molar-refractivity contribution is 0.0260. The molecule has 0 aliphatic carbocycles. The molecule has 0 spiro atoms. The maximum absolute atomic E-state index is 9.75. The second kappa shape index (κ2) is 7.18. The fourth-order valence-corrected chi connectivity index (χ4v) is 3.63. The zero-order valence-electron chi connectivity index (χ0n) is 13.3. The Balaban J connectivity index is 1.87. The molecule has 2 fully saturated rings. The van der Waals surface area contributed by atoms with Crippen molar-refractivity contribution in [2.45, 2.75) is 50.9 Å². The molecule has 0 aromatic rings. The van der Waals surface area contributed by atoms with Crippen LogP contribution >= 0.6 is 0 Å². The van der Waals surface area contributed by atoms with Gasteiger partial charge in [-0.15, -0.1) is 0 Å². The predicted molar refractivity (Wildman–Crippen MR) is 82.8 cm³/mol. The highest BCUT2D eigenvalue weighted by Crippen LogP contribution is 2.19. The summed E-state index contributed by atoms with van der Waals surface area (Å²) in [7, 11) is 2.22. The molecule has 0 aromatic carbocycles. The first-order valence-electron chi connectivity index (χ1n) is 8.11. The predicted octanol–water partition coefficient (Wildman–Crippen LogP) is -0.205. The van der Waals surface area contributed by atoms with Gasteiger partial charge in [0.15, 0.2) is 0 Å². The minimum Gasteiger partial charge on any atom is -0.391 e. The van der Waals surface area contributed by atoms with Crippen LogP contribution in [0.4, 0.5) is 0 Å². The Kier molecular flexibility index (Phi) is 5.81. The van der Waals surface area contributed by atoms with Gasteiger partial charge in [0.05, 0.1) is 6.10 Å². The molecule has 4 atom stereocenters. The molecule has 5 nitrogen and oxygen atoms in total. The van der Waals surface area contributed by atoms with Gasteiger partial charge in [-0.25, -0.2) is 0 Å². The van der Waals surface area contributed by atoms with E-state index in [4.69, 9.17) is 5.73 Å². The van der Waals surface area contributed by atoms with Gasteiger partial charge in [0, 0.05) is 50.8 Å². The highest BCUT2D eigenvalue weighted by atomic mass is 16.3. The third-order valence-electron chi connectivity index (χ3n) is 5.10. The molecule has 0 saturated carbocycles. The van der Waals surface area contributed by atoms with Crippen molar-refractivity contribution in [3.05, 3.63) is 0 Å². The molecule has 5 heteroatoms. The van der Waals surface area contributed by atoms with Crippen molar-refractivity contribution in [3.8, 4) is 0 Å². The monoisotopic (exact) mass is 284 g/mol. The van der Waals surface area contributed by atoms with E-state index in [2.05, 4.69) is 35.6 Å². The molecule has 118 valence electrons. The molecular weight excluding hydrogens is 252 g/mol. The van der Waals surface area contributed by atoms with E-state index in [1.165, 1.54) is 26.1 Å². The van der Waals surface area contributed by atoms with Gasteiger partial charge in [0.2, 0.25) is 0 Å². The fourth-order valence-electron chi connectivity index (χ4n) is 3.63. The number of nitrogens with two attached hydrogens (primary N) is 1. The summed E-state index contributed by atoms with van der Waals surface area (Å²) in [5, 5.41) is 9.75. The SMILES string of the molecule is CCN1CCN(C)CC1CC(C)N1CC[C@@H](O)[C@H](N)C1. The third-order valence-corrected chi connectivity index (χ3v) is 5.10. The zero-order chi connectivity index (χ0) is 14.7. The molecule has 0 radical (unpaired) electrons. The molecule has 0 amide bonds. The summed E-state index contributed by atoms with van der Waals surface area (Å²) in [4.78, 5) is 7.50. The van der Waals surface area contributed by atoms with E-state index in [0.29, 0.717) is 12.1 Å². The first kappa shape index (κ1) is 16.2. The van der Waals surface area contributed by atoms with E-state index in [1.807, 2.05) is 0 Å². The van der Waals surface area contributed by atoms with Gasteiger partial charge < -0.3 is 15.7 Å². The van der Waals surface area contributed by atoms with Gasteiger partial charge in [-0.05, 0) is 33.4 Å². The Morgan fingerprint density at radius 1 is 1.25 bits per heavy atom. The van der Waals surface area contributed by atoms with Crippen LogP contribution in [-0.2, 0) is 0 Å². The Labute approximate surface area is 123 Å². The highest BCUT2D eigenvalue weighted by Gasteiger charge is 2.31. The van der Waals surface area contributed by atoms with Crippen LogP contribution in [0.25, 0.3) is 0 Å². The summed E-state index contributed by atoms with van der Waals surface area (Å²) in [6.07, 6.45) is 1.69. The molecule has 2 rings (SSSR count). The molecule has 2 aliphatic rings. The number of nitrogens with zero attached hydrogens (tertiary/aromatic N) is 3. The second-order valence-electron chi connectivity index (χ2n) is 6.64. The molecule has 2 aliphatic heterocycles. The molecule has 3 N–H and O–H groups in total. The van der Waals surface area contributed by atoms with Crippen molar-refractivity contribution in [1.29, 1.82) is 0 Å². The Bertz CT molecular complexity index is 302. The van der Waals surface area contributed by atoms with Crippen LogP contribution in [0, 0.1) is 0 Å². The first-order chi connectivity index (χ1) is 9.51. The number of piperidine rings is 1. The van der Waals surface area contributed by atoms with Crippen LogP contribution in [0.5, 0.6) is 0 Å². The molecule has 2 heterocycles. The highest BCUT2D eigenvalue weighted by molar-refractivity contribution is 4.88. The summed E-state index contributed by atoms with van der Waals surface area (Å²) in [5.41, 5.74) is 6.00. The minimum atomic E-state index is -0.314. The molecule has 0 bridgehead atoms. The summed E-state index contributed by atoms with van der Waals surface area (Å²) in [5.74, 6) is 0. The number of hydrogen-bond donors (Lipinski definition) is 2. The standard InChI is InChI=1S/C15H32N4O/c1-4-18-8-7-17(3)10-13(18)9-12(2)19-6-5-15(20)14(16)11-19/h12-15,20H,4-11,16H2,1-3H3/t12?,13?,14-,15-/m1/s1. The Morgan fingerprint density at radius 3 is 2.65 bits per heavy atom. The lowest BCUT2D eigenvalue weighted by Crippen LogP contribution is -2.57. The van der Waals surface area contributed by atoms with Gasteiger partial charge in [-0.1, -0.05) is 6.92 Å². The van der Waals surface area contributed by atoms with Gasteiger partial charge in [-0.3, -0.25) is 9.80 Å². The molecule has 20 heavy (non-hydrogen) atoms. The van der Waals surface area contributed by atoms with E-state index in [0.717, 1.165) is 26.1 Å². The summed E-state index contributed by atoms with van der Waals surface area (Å²) >= 11 is 0. The minimum absolute atomic E-state index is 0.0810. The summed E-state index contributed by atoms with van der Waals surface area (Å²) < 4.78 is 0. The number of aliphatic hydroxyl groups excluding tert-OH is 1. The lowest BCUT2D eigenvalue weighted by Gasteiger charge is -2.44. The maximum Gasteiger partial charge on any atom is 0.0715 e. The van der Waals surface area contributed by atoms with Crippen LogP contribution in [0.1, 0.15) is 26.7 Å². The number of likely N-dealkylation sites (N-methyl/N-ethyl adjacent to an activating group) is 2. The van der Waals surface area contributed by atoms with Crippen molar-refractivity contribution in [1.82, 2.24) is 14.7 Å². The first-order valence-corrected chi connectivity index (χ1v) is 8.11. The number of piperazine rings is 1. The summed E-state index contributed by atoms with van der Waals surface area (Å²) in [6, 6.07) is 1.11. The largest absolute Gasteiger partial charge is 0.391 e. The van der Waals surface area contributed by atoms with E-state index >= 15 is 0 Å². The van der Waals surface area contributed by atoms with Crippen LogP contribution in [0.3, 0.4) is 0 Å². The van der Waals surface area contributed by atoms with Crippen molar-refractivity contribution in [3.63, 3.8) is 0 Å².